The SMILES string of the molecule is CC(C)N(C)[C@@H]1CC[C@H](NC(=O)CNc2ncnc3ccc(C(F)(F)F)cc23)[C@H](CS(=O)(=O)C(C)C)C1. The van der Waals surface area contributed by atoms with Crippen molar-refractivity contribution in [3.8, 4) is 0 Å². The third-order valence-electron chi connectivity index (χ3n) is 7.24. The molecule has 1 amide bonds. The van der Waals surface area contributed by atoms with Crippen molar-refractivity contribution in [2.24, 2.45) is 5.92 Å². The van der Waals surface area contributed by atoms with Gasteiger partial charge in [0, 0.05) is 23.5 Å². The van der Waals surface area contributed by atoms with Gasteiger partial charge >= 0.3 is 6.18 Å². The number of nitrogens with zero attached hydrogens (tertiary/aromatic N) is 3. The molecule has 0 spiro atoms. The van der Waals surface area contributed by atoms with Gasteiger partial charge in [-0.05, 0) is 78.1 Å². The highest BCUT2D eigenvalue weighted by atomic mass is 32.2. The van der Waals surface area contributed by atoms with Crippen LogP contribution in [0.4, 0.5) is 19.0 Å². The first-order valence-corrected chi connectivity index (χ1v) is 14.2. The largest absolute Gasteiger partial charge is 0.416 e. The van der Waals surface area contributed by atoms with Crippen molar-refractivity contribution in [1.82, 2.24) is 20.2 Å². The number of sulfone groups is 1. The molecule has 3 rings (SSSR count). The van der Waals surface area contributed by atoms with Gasteiger partial charge in [0.2, 0.25) is 5.91 Å². The van der Waals surface area contributed by atoms with Crippen molar-refractivity contribution in [2.45, 2.75) is 76.5 Å². The van der Waals surface area contributed by atoms with E-state index >= 15 is 0 Å². The van der Waals surface area contributed by atoms with Crippen molar-refractivity contribution < 1.29 is 26.4 Å². The van der Waals surface area contributed by atoms with Crippen molar-refractivity contribution in [2.75, 3.05) is 24.7 Å². The Morgan fingerprint density at radius 3 is 2.49 bits per heavy atom. The summed E-state index contributed by atoms with van der Waals surface area (Å²) in [4.78, 5) is 23.1. The van der Waals surface area contributed by atoms with Gasteiger partial charge in [0.05, 0.1) is 28.6 Å². The Morgan fingerprint density at radius 1 is 1.16 bits per heavy atom. The molecule has 1 aromatic heterocycles. The van der Waals surface area contributed by atoms with E-state index in [1.165, 1.54) is 12.4 Å². The van der Waals surface area contributed by atoms with E-state index in [-0.39, 0.29) is 47.4 Å². The van der Waals surface area contributed by atoms with Crippen LogP contribution in [-0.2, 0) is 20.8 Å². The molecule has 0 aliphatic heterocycles. The number of benzene rings is 1. The first kappa shape index (κ1) is 29.1. The predicted molar refractivity (Wildman–Crippen MR) is 138 cm³/mol. The Balaban J connectivity index is 1.72. The smallest absolute Gasteiger partial charge is 0.360 e. The molecule has 8 nitrogen and oxygen atoms in total. The minimum absolute atomic E-state index is 0.0117. The standard InChI is InChI=1S/C25H36F3N5O3S/c1-15(2)33(5)19-7-9-21(17(10-19)13-37(35,36)16(3)4)32-23(34)12-29-24-20-11-18(25(26,27)28)6-8-22(20)30-14-31-24/h6,8,11,14-17,19,21H,7,9-10,12-13H2,1-5H3,(H,32,34)(H,29,30,31)/t17-,19+,21-/m0/s1. The predicted octanol–water partition coefficient (Wildman–Crippen LogP) is 3.88. The number of carbonyl (C=O) groups excluding carboxylic acids is 1. The van der Waals surface area contributed by atoms with Crippen LogP contribution in [0.5, 0.6) is 0 Å². The molecule has 2 N–H and O–H groups in total. The molecule has 206 valence electrons. The molecule has 1 fully saturated rings. The highest BCUT2D eigenvalue weighted by Gasteiger charge is 2.37. The summed E-state index contributed by atoms with van der Waals surface area (Å²) < 4.78 is 65.0. The van der Waals surface area contributed by atoms with Gasteiger partial charge in [-0.3, -0.25) is 4.79 Å². The highest BCUT2D eigenvalue weighted by Crippen LogP contribution is 2.33. The van der Waals surface area contributed by atoms with Crippen molar-refractivity contribution in [1.29, 1.82) is 0 Å². The summed E-state index contributed by atoms with van der Waals surface area (Å²) in [5.41, 5.74) is -0.517. The van der Waals surface area contributed by atoms with Gasteiger partial charge in [0.25, 0.3) is 0 Å². The van der Waals surface area contributed by atoms with E-state index in [4.69, 9.17) is 0 Å². The van der Waals surface area contributed by atoms with Crippen LogP contribution in [0.25, 0.3) is 10.9 Å². The van der Waals surface area contributed by atoms with Crippen LogP contribution >= 0.6 is 0 Å². The topological polar surface area (TPSA) is 104 Å². The van der Waals surface area contributed by atoms with Gasteiger partial charge in [-0.2, -0.15) is 13.2 Å². The minimum Gasteiger partial charge on any atom is -0.360 e. The Kier molecular flexibility index (Phi) is 9.05. The zero-order valence-electron chi connectivity index (χ0n) is 21.8. The van der Waals surface area contributed by atoms with Crippen molar-refractivity contribution >= 4 is 32.5 Å². The number of halogens is 3. The van der Waals surface area contributed by atoms with Gasteiger partial charge in [-0.25, -0.2) is 18.4 Å². The van der Waals surface area contributed by atoms with E-state index in [9.17, 15) is 26.4 Å². The summed E-state index contributed by atoms with van der Waals surface area (Å²) in [6.45, 7) is 7.27. The third kappa shape index (κ3) is 7.31. The van der Waals surface area contributed by atoms with E-state index in [0.717, 1.165) is 18.6 Å². The summed E-state index contributed by atoms with van der Waals surface area (Å²) >= 11 is 0. The van der Waals surface area contributed by atoms with E-state index in [1.807, 2.05) is 7.05 Å². The number of nitrogens with one attached hydrogen (secondary N) is 2. The number of carbonyl (C=O) groups is 1. The first-order valence-electron chi connectivity index (χ1n) is 12.5. The lowest BCUT2D eigenvalue weighted by Gasteiger charge is -2.41. The van der Waals surface area contributed by atoms with Crippen LogP contribution in [0.2, 0.25) is 0 Å². The Morgan fingerprint density at radius 2 is 1.86 bits per heavy atom. The molecule has 1 saturated carbocycles. The fourth-order valence-corrected chi connectivity index (χ4v) is 6.04. The summed E-state index contributed by atoms with van der Waals surface area (Å²) in [6.07, 6.45) is -1.20. The molecule has 3 atom stereocenters. The Hall–Kier alpha value is -2.47. The number of aromatic nitrogens is 2. The van der Waals surface area contributed by atoms with Gasteiger partial charge in [-0.15, -0.1) is 0 Å². The van der Waals surface area contributed by atoms with Crippen molar-refractivity contribution in [3.63, 3.8) is 0 Å². The molecule has 0 bridgehead atoms. The highest BCUT2D eigenvalue weighted by molar-refractivity contribution is 7.91. The number of hydrogen-bond acceptors (Lipinski definition) is 7. The minimum atomic E-state index is -4.52. The maximum Gasteiger partial charge on any atom is 0.416 e. The summed E-state index contributed by atoms with van der Waals surface area (Å²) in [7, 11) is -1.30. The molecular formula is C25H36F3N5O3S. The molecule has 1 aliphatic rings. The average Bonchev–Trinajstić information content (AvgIpc) is 2.82. The van der Waals surface area contributed by atoms with Crippen LogP contribution in [0.3, 0.4) is 0 Å². The van der Waals surface area contributed by atoms with Gasteiger partial charge < -0.3 is 15.5 Å². The molecule has 1 aromatic carbocycles. The van der Waals surface area contributed by atoms with Crippen LogP contribution in [0.15, 0.2) is 24.5 Å². The Labute approximate surface area is 216 Å². The maximum atomic E-state index is 13.2. The molecule has 37 heavy (non-hydrogen) atoms. The fourth-order valence-electron chi connectivity index (χ4n) is 4.69. The first-order chi connectivity index (χ1) is 17.2. The number of rotatable bonds is 9. The lowest BCUT2D eigenvalue weighted by atomic mass is 9.81. The van der Waals surface area contributed by atoms with Crippen LogP contribution in [0.1, 0.15) is 52.5 Å². The second-order valence-electron chi connectivity index (χ2n) is 10.3. The fraction of sp³-hybridized carbons (Fsp3) is 0.640. The summed E-state index contributed by atoms with van der Waals surface area (Å²) in [6, 6.07) is 3.37. The molecule has 12 heteroatoms. The monoisotopic (exact) mass is 543 g/mol. The van der Waals surface area contributed by atoms with Crippen LogP contribution in [-0.4, -0.2) is 71.9 Å². The second-order valence-corrected chi connectivity index (χ2v) is 12.9. The van der Waals surface area contributed by atoms with Gasteiger partial charge in [-0.1, -0.05) is 0 Å². The molecule has 2 aromatic rings. The molecule has 0 radical (unpaired) electrons. The molecule has 1 heterocycles. The van der Waals surface area contributed by atoms with Gasteiger partial charge in [0.15, 0.2) is 9.84 Å². The van der Waals surface area contributed by atoms with E-state index < -0.39 is 26.8 Å². The molecular weight excluding hydrogens is 507 g/mol. The third-order valence-corrected chi connectivity index (χ3v) is 9.56. The van der Waals surface area contributed by atoms with Crippen LogP contribution < -0.4 is 10.6 Å². The second kappa shape index (κ2) is 11.5. The number of hydrogen-bond donors (Lipinski definition) is 2. The van der Waals surface area contributed by atoms with Crippen molar-refractivity contribution in [3.05, 3.63) is 30.1 Å². The number of anilines is 1. The Bertz CT molecular complexity index is 1200. The van der Waals surface area contributed by atoms with E-state index in [0.29, 0.717) is 24.4 Å². The number of alkyl halides is 3. The normalized spacial score (nSPS) is 21.1. The average molecular weight is 544 g/mol. The van der Waals surface area contributed by atoms with Gasteiger partial charge in [0.1, 0.15) is 12.1 Å². The molecule has 0 unspecified atom stereocenters. The van der Waals surface area contributed by atoms with E-state index in [2.05, 4.69) is 39.3 Å². The lowest BCUT2D eigenvalue weighted by molar-refractivity contribution is -0.137. The van der Waals surface area contributed by atoms with Crippen LogP contribution in [0, 0.1) is 5.92 Å². The zero-order valence-corrected chi connectivity index (χ0v) is 22.7. The molecule has 1 aliphatic carbocycles. The summed E-state index contributed by atoms with van der Waals surface area (Å²) in [5, 5.41) is 5.43. The molecule has 0 saturated heterocycles. The quantitative estimate of drug-likeness (QED) is 0.495. The number of fused-ring (bicyclic) bond motifs is 1. The number of amides is 1. The zero-order chi connectivity index (χ0) is 27.5. The van der Waals surface area contributed by atoms with E-state index in [1.54, 1.807) is 13.8 Å². The lowest BCUT2D eigenvalue weighted by Crippen LogP contribution is -2.52. The maximum absolute atomic E-state index is 13.2. The summed E-state index contributed by atoms with van der Waals surface area (Å²) in [5.74, 6) is -0.522.